The van der Waals surface area contributed by atoms with Crippen LogP contribution in [0.5, 0.6) is 5.75 Å². The number of hydrogen-bond donors (Lipinski definition) is 2. The second-order valence-corrected chi connectivity index (χ2v) is 8.37. The van der Waals surface area contributed by atoms with E-state index in [1.54, 1.807) is 17.4 Å². The molecule has 0 spiro atoms. The van der Waals surface area contributed by atoms with Crippen molar-refractivity contribution in [2.75, 3.05) is 12.4 Å². The van der Waals surface area contributed by atoms with Crippen molar-refractivity contribution >= 4 is 50.6 Å². The van der Waals surface area contributed by atoms with Crippen LogP contribution in [0.25, 0.3) is 21.3 Å². The van der Waals surface area contributed by atoms with Crippen LogP contribution in [0, 0.1) is 13.8 Å². The highest BCUT2D eigenvalue weighted by atomic mass is 35.5. The Bertz CT molecular complexity index is 1270. The summed E-state index contributed by atoms with van der Waals surface area (Å²) in [6, 6.07) is 11.2. The van der Waals surface area contributed by atoms with Gasteiger partial charge in [-0.15, -0.1) is 11.3 Å². The first-order valence-electron chi connectivity index (χ1n) is 9.08. The fourth-order valence-corrected chi connectivity index (χ4v) is 4.54. The van der Waals surface area contributed by atoms with Gasteiger partial charge in [0.05, 0.1) is 23.2 Å². The quantitative estimate of drug-likeness (QED) is 0.392. The first-order chi connectivity index (χ1) is 14.4. The highest BCUT2D eigenvalue weighted by Gasteiger charge is 2.19. The predicted octanol–water partition coefficient (Wildman–Crippen LogP) is 6.08. The van der Waals surface area contributed by atoms with Crippen LogP contribution in [0.4, 0.5) is 11.5 Å². The SMILES string of the molecule is COc1cc(Nc2ncnc3sc(C)c(-c4ccc(C)cc4)c23)c(Cl)cc1C(=O)O. The number of carboxylic acids is 1. The van der Waals surface area contributed by atoms with Crippen LogP contribution >= 0.6 is 22.9 Å². The lowest BCUT2D eigenvalue weighted by Crippen LogP contribution is -2.03. The van der Waals surface area contributed by atoms with Crippen molar-refractivity contribution in [3.05, 3.63) is 63.8 Å². The number of fused-ring (bicyclic) bond motifs is 1. The molecule has 0 saturated heterocycles. The highest BCUT2D eigenvalue weighted by Crippen LogP contribution is 2.42. The summed E-state index contributed by atoms with van der Waals surface area (Å²) in [6.07, 6.45) is 1.50. The second kappa shape index (κ2) is 7.93. The van der Waals surface area contributed by atoms with E-state index in [2.05, 4.69) is 53.4 Å². The number of aryl methyl sites for hydroxylation is 2. The molecule has 2 aromatic heterocycles. The molecular weight excluding hydrogens is 422 g/mol. The number of carboxylic acid groups (broad SMARTS) is 1. The number of rotatable bonds is 5. The summed E-state index contributed by atoms with van der Waals surface area (Å²) < 4.78 is 5.23. The van der Waals surface area contributed by atoms with Crippen molar-refractivity contribution in [1.29, 1.82) is 0 Å². The molecule has 4 rings (SSSR count). The van der Waals surface area contributed by atoms with E-state index >= 15 is 0 Å². The third-order valence-corrected chi connectivity index (χ3v) is 6.10. The van der Waals surface area contributed by atoms with E-state index in [0.717, 1.165) is 26.2 Å². The van der Waals surface area contributed by atoms with Crippen molar-refractivity contribution in [2.45, 2.75) is 13.8 Å². The average Bonchev–Trinajstić information content (AvgIpc) is 3.06. The number of aromatic carboxylic acids is 1. The molecule has 152 valence electrons. The Morgan fingerprint density at radius 2 is 1.90 bits per heavy atom. The van der Waals surface area contributed by atoms with Crippen molar-refractivity contribution in [3.63, 3.8) is 0 Å². The van der Waals surface area contributed by atoms with Gasteiger partial charge in [0.1, 0.15) is 28.3 Å². The number of hydrogen-bond acceptors (Lipinski definition) is 6. The van der Waals surface area contributed by atoms with Crippen LogP contribution in [-0.4, -0.2) is 28.2 Å². The van der Waals surface area contributed by atoms with Crippen LogP contribution in [0.15, 0.2) is 42.7 Å². The van der Waals surface area contributed by atoms with Crippen LogP contribution in [0.3, 0.4) is 0 Å². The van der Waals surface area contributed by atoms with Crippen molar-refractivity contribution in [2.24, 2.45) is 0 Å². The van der Waals surface area contributed by atoms with E-state index in [1.807, 2.05) is 0 Å². The smallest absolute Gasteiger partial charge is 0.339 e. The van der Waals surface area contributed by atoms with Gasteiger partial charge in [-0.1, -0.05) is 41.4 Å². The van der Waals surface area contributed by atoms with Gasteiger partial charge in [0, 0.05) is 16.5 Å². The Morgan fingerprint density at radius 1 is 1.17 bits per heavy atom. The average molecular weight is 440 g/mol. The van der Waals surface area contributed by atoms with E-state index in [1.165, 1.54) is 25.1 Å². The minimum absolute atomic E-state index is 0.00685. The normalized spacial score (nSPS) is 10.9. The van der Waals surface area contributed by atoms with Crippen molar-refractivity contribution in [1.82, 2.24) is 9.97 Å². The molecule has 2 N–H and O–H groups in total. The molecular formula is C22H18ClN3O3S. The molecule has 0 fully saturated rings. The van der Waals surface area contributed by atoms with E-state index in [0.29, 0.717) is 11.5 Å². The maximum Gasteiger partial charge on any atom is 0.339 e. The minimum Gasteiger partial charge on any atom is -0.496 e. The molecule has 0 aliphatic heterocycles. The molecule has 30 heavy (non-hydrogen) atoms. The summed E-state index contributed by atoms with van der Waals surface area (Å²) in [7, 11) is 1.42. The van der Waals surface area contributed by atoms with E-state index in [-0.39, 0.29) is 16.3 Å². The lowest BCUT2D eigenvalue weighted by molar-refractivity contribution is 0.0693. The Kier molecular flexibility index (Phi) is 5.32. The number of benzene rings is 2. The van der Waals surface area contributed by atoms with Gasteiger partial charge >= 0.3 is 5.97 Å². The summed E-state index contributed by atoms with van der Waals surface area (Å²) in [6.45, 7) is 4.11. The van der Waals surface area contributed by atoms with Gasteiger partial charge in [0.15, 0.2) is 0 Å². The third kappa shape index (κ3) is 3.58. The maximum absolute atomic E-state index is 11.4. The van der Waals surface area contributed by atoms with Crippen LogP contribution in [0.1, 0.15) is 20.8 Å². The minimum atomic E-state index is -1.11. The largest absolute Gasteiger partial charge is 0.496 e. The summed E-state index contributed by atoms with van der Waals surface area (Å²) in [5.41, 5.74) is 3.81. The zero-order valence-electron chi connectivity index (χ0n) is 16.5. The molecule has 0 saturated carbocycles. The number of thiophene rings is 1. The van der Waals surface area contributed by atoms with E-state index < -0.39 is 5.97 Å². The first kappa shape index (κ1) is 20.1. The highest BCUT2D eigenvalue weighted by molar-refractivity contribution is 7.19. The Labute approximate surface area is 182 Å². The van der Waals surface area contributed by atoms with Gasteiger partial charge < -0.3 is 15.2 Å². The summed E-state index contributed by atoms with van der Waals surface area (Å²) in [5, 5.41) is 13.7. The second-order valence-electron chi connectivity index (χ2n) is 6.76. The van der Waals surface area contributed by atoms with Crippen molar-refractivity contribution < 1.29 is 14.6 Å². The molecule has 0 amide bonds. The number of anilines is 2. The first-order valence-corrected chi connectivity index (χ1v) is 10.3. The zero-order valence-corrected chi connectivity index (χ0v) is 18.1. The lowest BCUT2D eigenvalue weighted by atomic mass is 10.0. The molecule has 0 radical (unpaired) electrons. The van der Waals surface area contributed by atoms with Crippen LogP contribution in [-0.2, 0) is 0 Å². The van der Waals surface area contributed by atoms with E-state index in [9.17, 15) is 9.90 Å². The van der Waals surface area contributed by atoms with Gasteiger partial charge in [0.2, 0.25) is 0 Å². The molecule has 2 heterocycles. The predicted molar refractivity (Wildman–Crippen MR) is 121 cm³/mol. The summed E-state index contributed by atoms with van der Waals surface area (Å²) in [5.74, 6) is -0.313. The molecule has 2 aromatic carbocycles. The fraction of sp³-hybridized carbons (Fsp3) is 0.136. The van der Waals surface area contributed by atoms with Crippen LogP contribution in [0.2, 0.25) is 5.02 Å². The molecule has 4 aromatic rings. The zero-order chi connectivity index (χ0) is 21.4. The number of halogens is 1. The molecule has 0 aliphatic carbocycles. The number of nitrogens with zero attached hydrogens (tertiary/aromatic N) is 2. The number of nitrogens with one attached hydrogen (secondary N) is 1. The Balaban J connectivity index is 1.87. The van der Waals surface area contributed by atoms with Gasteiger partial charge in [0.25, 0.3) is 0 Å². The molecule has 0 aliphatic rings. The topological polar surface area (TPSA) is 84.3 Å². The third-order valence-electron chi connectivity index (χ3n) is 4.78. The van der Waals surface area contributed by atoms with E-state index in [4.69, 9.17) is 16.3 Å². The summed E-state index contributed by atoms with van der Waals surface area (Å²) in [4.78, 5) is 22.3. The maximum atomic E-state index is 11.4. The number of methoxy groups -OCH3 is 1. The number of carbonyl (C=O) groups is 1. The van der Waals surface area contributed by atoms with Gasteiger partial charge in [-0.05, 0) is 25.5 Å². The number of ether oxygens (including phenoxy) is 1. The molecule has 0 bridgehead atoms. The molecule has 0 atom stereocenters. The Morgan fingerprint density at radius 3 is 2.57 bits per heavy atom. The van der Waals surface area contributed by atoms with Gasteiger partial charge in [-0.25, -0.2) is 14.8 Å². The van der Waals surface area contributed by atoms with Crippen molar-refractivity contribution in [3.8, 4) is 16.9 Å². The standard InChI is InChI=1S/C22H18ClN3O3S/c1-11-4-6-13(7-5-11)18-12(2)30-21-19(18)20(24-10-25-21)26-16-9-17(29-3)14(22(27)28)8-15(16)23/h4-10H,1-3H3,(H,27,28)(H,24,25,26). The molecule has 8 heteroatoms. The van der Waals surface area contributed by atoms with Gasteiger partial charge in [-0.2, -0.15) is 0 Å². The van der Waals surface area contributed by atoms with Gasteiger partial charge in [-0.3, -0.25) is 0 Å². The summed E-state index contributed by atoms with van der Waals surface area (Å²) >= 11 is 7.95. The number of aromatic nitrogens is 2. The van der Waals surface area contributed by atoms with Crippen LogP contribution < -0.4 is 10.1 Å². The molecule has 0 unspecified atom stereocenters. The monoisotopic (exact) mass is 439 g/mol. The fourth-order valence-electron chi connectivity index (χ4n) is 3.32. The molecule has 6 nitrogen and oxygen atoms in total. The Hall–Kier alpha value is -3.16. The lowest BCUT2D eigenvalue weighted by Gasteiger charge is -2.13.